The third kappa shape index (κ3) is 2.21. The van der Waals surface area contributed by atoms with Gasteiger partial charge in [0.25, 0.3) is 0 Å². The lowest BCUT2D eigenvalue weighted by Gasteiger charge is -2.26. The highest BCUT2D eigenvalue weighted by atomic mass is 16.3. The van der Waals surface area contributed by atoms with Crippen LogP contribution in [0, 0.1) is 0 Å². The number of fused-ring (bicyclic) bond motifs is 1. The van der Waals surface area contributed by atoms with Crippen LogP contribution in [-0.4, -0.2) is 0 Å². The lowest BCUT2D eigenvalue weighted by atomic mass is 9.92. The van der Waals surface area contributed by atoms with E-state index in [2.05, 4.69) is 48.6 Å². The molecule has 0 spiro atoms. The van der Waals surface area contributed by atoms with Crippen molar-refractivity contribution in [2.24, 2.45) is 0 Å². The number of hydrogen-bond acceptors (Lipinski definition) is 2. The molecule has 0 aliphatic heterocycles. The first kappa shape index (κ1) is 11.5. The van der Waals surface area contributed by atoms with Crippen LogP contribution >= 0.6 is 0 Å². The first-order chi connectivity index (χ1) is 8.84. The average Bonchev–Trinajstić information content (AvgIpc) is 2.89. The maximum atomic E-state index is 5.53. The van der Waals surface area contributed by atoms with E-state index in [0.29, 0.717) is 12.1 Å². The molecule has 2 heteroatoms. The van der Waals surface area contributed by atoms with Crippen LogP contribution in [0.4, 0.5) is 0 Å². The number of nitrogens with one attached hydrogen (secondary N) is 1. The van der Waals surface area contributed by atoms with Crippen LogP contribution in [-0.2, 0) is 6.42 Å². The minimum Gasteiger partial charge on any atom is -0.469 e. The third-order valence-electron chi connectivity index (χ3n) is 3.80. The number of benzene rings is 1. The Kier molecular flexibility index (Phi) is 3.20. The summed E-state index contributed by atoms with van der Waals surface area (Å²) in [5.74, 6) is 1.17. The van der Waals surface area contributed by atoms with E-state index in [1.165, 1.54) is 29.7 Å². The van der Waals surface area contributed by atoms with Crippen LogP contribution in [0.3, 0.4) is 0 Å². The van der Waals surface area contributed by atoms with Crippen LogP contribution in [0.2, 0.25) is 0 Å². The molecule has 1 aromatic carbocycles. The zero-order valence-electron chi connectivity index (χ0n) is 10.7. The highest BCUT2D eigenvalue weighted by Gasteiger charge is 2.23. The van der Waals surface area contributed by atoms with E-state index in [4.69, 9.17) is 4.42 Å². The zero-order chi connectivity index (χ0) is 12.4. The Balaban J connectivity index is 1.75. The van der Waals surface area contributed by atoms with Gasteiger partial charge in [0.1, 0.15) is 5.76 Å². The van der Waals surface area contributed by atoms with Gasteiger partial charge in [0, 0.05) is 24.1 Å². The molecule has 94 valence electrons. The van der Waals surface area contributed by atoms with Gasteiger partial charge < -0.3 is 9.73 Å². The molecule has 0 saturated carbocycles. The Morgan fingerprint density at radius 3 is 2.89 bits per heavy atom. The van der Waals surface area contributed by atoms with E-state index in [9.17, 15) is 0 Å². The maximum absolute atomic E-state index is 5.53. The van der Waals surface area contributed by atoms with Crippen molar-refractivity contribution in [3.8, 4) is 0 Å². The SMILES string of the molecule is CC(NC1CCCc2occc21)c1ccccc1. The van der Waals surface area contributed by atoms with Gasteiger partial charge in [0.15, 0.2) is 0 Å². The second-order valence-electron chi connectivity index (χ2n) is 5.04. The molecule has 0 fully saturated rings. The van der Waals surface area contributed by atoms with Gasteiger partial charge in [-0.3, -0.25) is 0 Å². The summed E-state index contributed by atoms with van der Waals surface area (Å²) in [7, 11) is 0. The number of rotatable bonds is 3. The topological polar surface area (TPSA) is 25.2 Å². The van der Waals surface area contributed by atoms with Crippen molar-refractivity contribution in [3.63, 3.8) is 0 Å². The standard InChI is InChI=1S/C16H19NO/c1-12(13-6-3-2-4-7-13)17-15-8-5-9-16-14(15)10-11-18-16/h2-4,6-7,10-12,15,17H,5,8-9H2,1H3. The van der Waals surface area contributed by atoms with Gasteiger partial charge in [-0.2, -0.15) is 0 Å². The Labute approximate surface area is 108 Å². The van der Waals surface area contributed by atoms with E-state index in [0.717, 1.165) is 6.42 Å². The van der Waals surface area contributed by atoms with Crippen LogP contribution in [0.15, 0.2) is 47.1 Å². The minimum absolute atomic E-state index is 0.372. The molecule has 1 N–H and O–H groups in total. The highest BCUT2D eigenvalue weighted by molar-refractivity contribution is 5.25. The fourth-order valence-corrected chi connectivity index (χ4v) is 2.80. The van der Waals surface area contributed by atoms with Crippen molar-refractivity contribution in [2.45, 2.75) is 38.3 Å². The van der Waals surface area contributed by atoms with Crippen LogP contribution in [0.5, 0.6) is 0 Å². The Hall–Kier alpha value is -1.54. The molecule has 0 amide bonds. The predicted molar refractivity (Wildman–Crippen MR) is 72.4 cm³/mol. The molecule has 1 aliphatic rings. The van der Waals surface area contributed by atoms with Gasteiger partial charge in [-0.15, -0.1) is 0 Å². The van der Waals surface area contributed by atoms with Gasteiger partial charge >= 0.3 is 0 Å². The van der Waals surface area contributed by atoms with Gasteiger partial charge in [-0.1, -0.05) is 30.3 Å². The summed E-state index contributed by atoms with van der Waals surface area (Å²) < 4.78 is 5.53. The molecule has 0 bridgehead atoms. The molecule has 3 rings (SSSR count). The maximum Gasteiger partial charge on any atom is 0.108 e. The smallest absolute Gasteiger partial charge is 0.108 e. The lowest BCUT2D eigenvalue weighted by Crippen LogP contribution is -2.27. The molecule has 2 unspecified atom stereocenters. The molecule has 18 heavy (non-hydrogen) atoms. The number of furan rings is 1. The number of aryl methyl sites for hydroxylation is 1. The van der Waals surface area contributed by atoms with Crippen molar-refractivity contribution in [1.82, 2.24) is 5.32 Å². The molecule has 1 aliphatic carbocycles. The number of hydrogen-bond donors (Lipinski definition) is 1. The fraction of sp³-hybridized carbons (Fsp3) is 0.375. The molecular weight excluding hydrogens is 222 g/mol. The van der Waals surface area contributed by atoms with Gasteiger partial charge in [0.05, 0.1) is 6.26 Å². The molecule has 1 heterocycles. The van der Waals surface area contributed by atoms with Crippen LogP contribution in [0.25, 0.3) is 0 Å². The van der Waals surface area contributed by atoms with Crippen molar-refractivity contribution < 1.29 is 4.42 Å². The summed E-state index contributed by atoms with van der Waals surface area (Å²) in [6, 6.07) is 13.5. The molecule has 2 aromatic rings. The third-order valence-corrected chi connectivity index (χ3v) is 3.80. The Morgan fingerprint density at radius 2 is 2.06 bits per heavy atom. The Bertz CT molecular complexity index is 503. The summed E-state index contributed by atoms with van der Waals surface area (Å²) in [6.07, 6.45) is 5.31. The van der Waals surface area contributed by atoms with Crippen molar-refractivity contribution in [2.75, 3.05) is 0 Å². The van der Waals surface area contributed by atoms with Crippen LogP contribution < -0.4 is 5.32 Å². The molecule has 2 atom stereocenters. The highest BCUT2D eigenvalue weighted by Crippen LogP contribution is 2.32. The first-order valence-corrected chi connectivity index (χ1v) is 6.72. The van der Waals surface area contributed by atoms with E-state index in [-0.39, 0.29) is 0 Å². The summed E-state index contributed by atoms with van der Waals surface area (Å²) in [5.41, 5.74) is 2.69. The largest absolute Gasteiger partial charge is 0.469 e. The molecule has 2 nitrogen and oxygen atoms in total. The monoisotopic (exact) mass is 241 g/mol. The molecular formula is C16H19NO. The summed E-state index contributed by atoms with van der Waals surface area (Å²) >= 11 is 0. The van der Waals surface area contributed by atoms with Gasteiger partial charge in [-0.05, 0) is 31.4 Å². The van der Waals surface area contributed by atoms with E-state index in [1.807, 2.05) is 6.26 Å². The van der Waals surface area contributed by atoms with E-state index < -0.39 is 0 Å². The summed E-state index contributed by atoms with van der Waals surface area (Å²) in [5, 5.41) is 3.72. The van der Waals surface area contributed by atoms with Crippen molar-refractivity contribution in [1.29, 1.82) is 0 Å². The van der Waals surface area contributed by atoms with Crippen molar-refractivity contribution >= 4 is 0 Å². The quantitative estimate of drug-likeness (QED) is 0.878. The van der Waals surface area contributed by atoms with Crippen molar-refractivity contribution in [3.05, 3.63) is 59.5 Å². The molecule has 0 saturated heterocycles. The first-order valence-electron chi connectivity index (χ1n) is 6.72. The summed E-state index contributed by atoms with van der Waals surface area (Å²) in [4.78, 5) is 0. The lowest BCUT2D eigenvalue weighted by molar-refractivity contribution is 0.386. The minimum atomic E-state index is 0.372. The zero-order valence-corrected chi connectivity index (χ0v) is 10.7. The molecule has 1 aromatic heterocycles. The average molecular weight is 241 g/mol. The second-order valence-corrected chi connectivity index (χ2v) is 5.04. The fourth-order valence-electron chi connectivity index (χ4n) is 2.80. The molecule has 0 radical (unpaired) electrons. The van der Waals surface area contributed by atoms with Crippen LogP contribution in [0.1, 0.15) is 48.7 Å². The van der Waals surface area contributed by atoms with E-state index >= 15 is 0 Å². The summed E-state index contributed by atoms with van der Waals surface area (Å²) in [6.45, 7) is 2.23. The van der Waals surface area contributed by atoms with E-state index in [1.54, 1.807) is 0 Å². The Morgan fingerprint density at radius 1 is 1.22 bits per heavy atom. The normalized spacial score (nSPS) is 20.4. The van der Waals surface area contributed by atoms with Gasteiger partial charge in [-0.25, -0.2) is 0 Å². The second kappa shape index (κ2) is 4.99. The van der Waals surface area contributed by atoms with Gasteiger partial charge in [0.2, 0.25) is 0 Å². The predicted octanol–water partition coefficient (Wildman–Crippen LogP) is 4.01.